The Morgan fingerprint density at radius 2 is 1.92 bits per heavy atom. The summed E-state index contributed by atoms with van der Waals surface area (Å²) < 4.78 is 24.8. The monoisotopic (exact) mass is 375 g/mol. The van der Waals surface area contributed by atoms with Gasteiger partial charge in [0.25, 0.3) is 5.91 Å². The topological polar surface area (TPSA) is 38.8 Å². The lowest BCUT2D eigenvalue weighted by atomic mass is 10.1. The molecule has 4 nitrogen and oxygen atoms in total. The summed E-state index contributed by atoms with van der Waals surface area (Å²) in [5, 5.41) is 0. The van der Waals surface area contributed by atoms with Gasteiger partial charge in [-0.05, 0) is 30.3 Å². The van der Waals surface area contributed by atoms with Crippen LogP contribution in [0.25, 0.3) is 6.08 Å². The third kappa shape index (κ3) is 3.38. The Bertz CT molecular complexity index is 882. The SMILES string of the molecule is COc1ccc(C=C2SC(=S)N(c3ccccc3F)C2=O)c(OC)c1. The van der Waals surface area contributed by atoms with Crippen molar-refractivity contribution in [2.45, 2.75) is 0 Å². The number of carbonyl (C=O) groups excluding carboxylic acids is 1. The summed E-state index contributed by atoms with van der Waals surface area (Å²) in [5.74, 6) is 0.350. The molecule has 2 aromatic rings. The molecule has 25 heavy (non-hydrogen) atoms. The molecule has 3 rings (SSSR count). The molecule has 0 unspecified atom stereocenters. The van der Waals surface area contributed by atoms with Gasteiger partial charge >= 0.3 is 0 Å². The molecule has 2 aromatic carbocycles. The fourth-order valence-corrected chi connectivity index (χ4v) is 3.66. The molecule has 0 spiro atoms. The van der Waals surface area contributed by atoms with Crippen LogP contribution < -0.4 is 14.4 Å². The van der Waals surface area contributed by atoms with Crippen molar-refractivity contribution in [3.05, 3.63) is 58.8 Å². The highest BCUT2D eigenvalue weighted by molar-refractivity contribution is 8.27. The first-order chi connectivity index (χ1) is 12.0. The molecule has 0 saturated carbocycles. The van der Waals surface area contributed by atoms with Crippen molar-refractivity contribution in [2.75, 3.05) is 19.1 Å². The van der Waals surface area contributed by atoms with E-state index in [1.165, 1.54) is 24.1 Å². The molecule has 0 aliphatic carbocycles. The summed E-state index contributed by atoms with van der Waals surface area (Å²) in [6.07, 6.45) is 1.68. The van der Waals surface area contributed by atoms with E-state index in [4.69, 9.17) is 21.7 Å². The molecule has 7 heteroatoms. The molecular weight excluding hydrogens is 361 g/mol. The summed E-state index contributed by atoms with van der Waals surface area (Å²) >= 11 is 6.39. The van der Waals surface area contributed by atoms with E-state index in [9.17, 15) is 9.18 Å². The number of carbonyl (C=O) groups is 1. The molecule has 1 aliphatic rings. The van der Waals surface area contributed by atoms with Gasteiger partial charge in [0.1, 0.15) is 17.3 Å². The minimum absolute atomic E-state index is 0.148. The Balaban J connectivity index is 1.97. The van der Waals surface area contributed by atoms with Gasteiger partial charge in [-0.3, -0.25) is 9.69 Å². The van der Waals surface area contributed by atoms with Gasteiger partial charge in [0.15, 0.2) is 4.32 Å². The molecular formula is C18H14FNO3S2. The number of amides is 1. The number of benzene rings is 2. The van der Waals surface area contributed by atoms with Crippen LogP contribution in [0.1, 0.15) is 5.56 Å². The highest BCUT2D eigenvalue weighted by Gasteiger charge is 2.34. The molecule has 0 aromatic heterocycles. The number of methoxy groups -OCH3 is 2. The highest BCUT2D eigenvalue weighted by atomic mass is 32.2. The first kappa shape index (κ1) is 17.4. The molecule has 0 atom stereocenters. The van der Waals surface area contributed by atoms with E-state index < -0.39 is 5.82 Å². The molecule has 0 bridgehead atoms. The third-order valence-corrected chi connectivity index (χ3v) is 4.92. The van der Waals surface area contributed by atoms with E-state index in [0.717, 1.165) is 11.8 Å². The molecule has 1 saturated heterocycles. The number of para-hydroxylation sites is 1. The predicted molar refractivity (Wildman–Crippen MR) is 102 cm³/mol. The number of rotatable bonds is 4. The van der Waals surface area contributed by atoms with E-state index in [-0.39, 0.29) is 15.9 Å². The maximum absolute atomic E-state index is 14.0. The normalized spacial score (nSPS) is 15.8. The van der Waals surface area contributed by atoms with Crippen molar-refractivity contribution in [3.8, 4) is 11.5 Å². The summed E-state index contributed by atoms with van der Waals surface area (Å²) in [7, 11) is 3.10. The van der Waals surface area contributed by atoms with E-state index in [1.54, 1.807) is 43.5 Å². The minimum Gasteiger partial charge on any atom is -0.497 e. The summed E-state index contributed by atoms with van der Waals surface area (Å²) in [5.41, 5.74) is 0.854. The van der Waals surface area contributed by atoms with Crippen LogP contribution in [0, 0.1) is 5.82 Å². The second-order valence-corrected chi connectivity index (χ2v) is 6.75. The van der Waals surface area contributed by atoms with Gasteiger partial charge in [-0.1, -0.05) is 36.1 Å². The average molecular weight is 375 g/mol. The fraction of sp³-hybridized carbons (Fsp3) is 0.111. The predicted octanol–water partition coefficient (Wildman–Crippen LogP) is 4.25. The lowest BCUT2D eigenvalue weighted by Crippen LogP contribution is -2.28. The smallest absolute Gasteiger partial charge is 0.270 e. The van der Waals surface area contributed by atoms with Gasteiger partial charge in [0, 0.05) is 11.6 Å². The zero-order chi connectivity index (χ0) is 18.0. The molecule has 1 amide bonds. The number of anilines is 1. The van der Waals surface area contributed by atoms with Crippen molar-refractivity contribution >= 4 is 46.0 Å². The van der Waals surface area contributed by atoms with E-state index in [0.29, 0.717) is 22.0 Å². The van der Waals surface area contributed by atoms with Crippen LogP contribution in [0.5, 0.6) is 11.5 Å². The van der Waals surface area contributed by atoms with Crippen molar-refractivity contribution in [3.63, 3.8) is 0 Å². The Kier molecular flexibility index (Phi) is 5.06. The van der Waals surface area contributed by atoms with Gasteiger partial charge in [-0.25, -0.2) is 4.39 Å². The number of hydrogen-bond acceptors (Lipinski definition) is 5. The summed E-state index contributed by atoms with van der Waals surface area (Å²) in [4.78, 5) is 14.3. The Hall–Kier alpha value is -2.38. The third-order valence-electron chi connectivity index (χ3n) is 3.61. The van der Waals surface area contributed by atoms with Gasteiger partial charge in [-0.15, -0.1) is 0 Å². The molecule has 128 valence electrons. The molecule has 1 fully saturated rings. The molecule has 0 radical (unpaired) electrons. The van der Waals surface area contributed by atoms with Gasteiger partial charge in [0.2, 0.25) is 0 Å². The largest absolute Gasteiger partial charge is 0.497 e. The van der Waals surface area contributed by atoms with Gasteiger partial charge in [-0.2, -0.15) is 0 Å². The molecule has 0 N–H and O–H groups in total. The highest BCUT2D eigenvalue weighted by Crippen LogP contribution is 2.38. The second-order valence-electron chi connectivity index (χ2n) is 5.08. The number of hydrogen-bond donors (Lipinski definition) is 0. The zero-order valence-electron chi connectivity index (χ0n) is 13.5. The molecule has 1 heterocycles. The number of nitrogens with zero attached hydrogens (tertiary/aromatic N) is 1. The number of thioether (sulfide) groups is 1. The maximum Gasteiger partial charge on any atom is 0.270 e. The van der Waals surface area contributed by atoms with Crippen LogP contribution in [0.2, 0.25) is 0 Å². The van der Waals surface area contributed by atoms with Gasteiger partial charge in [0.05, 0.1) is 24.8 Å². The lowest BCUT2D eigenvalue weighted by Gasteiger charge is -2.14. The lowest BCUT2D eigenvalue weighted by molar-refractivity contribution is -0.113. The van der Waals surface area contributed by atoms with Gasteiger partial charge < -0.3 is 9.47 Å². The zero-order valence-corrected chi connectivity index (χ0v) is 15.1. The number of halogens is 1. The summed E-state index contributed by atoms with van der Waals surface area (Å²) in [6.45, 7) is 0. The van der Waals surface area contributed by atoms with E-state index >= 15 is 0 Å². The Morgan fingerprint density at radius 1 is 1.16 bits per heavy atom. The van der Waals surface area contributed by atoms with Crippen LogP contribution in [0.3, 0.4) is 0 Å². The van der Waals surface area contributed by atoms with E-state index in [2.05, 4.69) is 0 Å². The van der Waals surface area contributed by atoms with E-state index in [1.807, 2.05) is 0 Å². The second kappa shape index (κ2) is 7.25. The first-order valence-electron chi connectivity index (χ1n) is 7.29. The summed E-state index contributed by atoms with van der Waals surface area (Å²) in [6, 6.07) is 11.3. The Labute approximate surface area is 154 Å². The van der Waals surface area contributed by atoms with Crippen molar-refractivity contribution in [2.24, 2.45) is 0 Å². The van der Waals surface area contributed by atoms with Crippen LogP contribution in [-0.2, 0) is 4.79 Å². The minimum atomic E-state index is -0.498. The fourth-order valence-electron chi connectivity index (χ4n) is 2.39. The quantitative estimate of drug-likeness (QED) is 0.590. The van der Waals surface area contributed by atoms with Crippen LogP contribution >= 0.6 is 24.0 Å². The maximum atomic E-state index is 14.0. The number of thiocarbonyl (C=S) groups is 1. The van der Waals surface area contributed by atoms with Crippen LogP contribution in [0.15, 0.2) is 47.4 Å². The van der Waals surface area contributed by atoms with Crippen molar-refractivity contribution < 1.29 is 18.7 Å². The molecule has 1 aliphatic heterocycles. The standard InChI is InChI=1S/C18H14FNO3S2/c1-22-12-8-7-11(15(10-12)23-2)9-16-17(21)20(18(24)25-16)14-6-4-3-5-13(14)19/h3-10H,1-2H3. The van der Waals surface area contributed by atoms with Crippen molar-refractivity contribution in [1.82, 2.24) is 0 Å². The van der Waals surface area contributed by atoms with Crippen LogP contribution in [-0.4, -0.2) is 24.4 Å². The average Bonchev–Trinajstić information content (AvgIpc) is 2.89. The Morgan fingerprint density at radius 3 is 2.60 bits per heavy atom. The first-order valence-corrected chi connectivity index (χ1v) is 8.52. The van der Waals surface area contributed by atoms with Crippen molar-refractivity contribution in [1.29, 1.82) is 0 Å². The number of ether oxygens (including phenoxy) is 2. The van der Waals surface area contributed by atoms with Crippen LogP contribution in [0.4, 0.5) is 10.1 Å².